The van der Waals surface area contributed by atoms with Gasteiger partial charge in [0.15, 0.2) is 4.77 Å². The van der Waals surface area contributed by atoms with Gasteiger partial charge in [0.25, 0.3) is 5.56 Å². The fourth-order valence-corrected chi connectivity index (χ4v) is 1.40. The number of benzene rings is 1. The molecule has 1 aromatic carbocycles. The molecule has 0 fully saturated rings. The van der Waals surface area contributed by atoms with E-state index in [1.165, 1.54) is 6.07 Å². The Morgan fingerprint density at radius 1 is 1.31 bits per heavy atom. The van der Waals surface area contributed by atoms with Crippen LogP contribution in [0.1, 0.15) is 0 Å². The quantitative estimate of drug-likeness (QED) is 0.553. The summed E-state index contributed by atoms with van der Waals surface area (Å²) >= 11 is 4.78. The normalized spacial score (nSPS) is 10.5. The van der Waals surface area contributed by atoms with Crippen LogP contribution in [0.25, 0.3) is 10.9 Å². The molecule has 2 rings (SSSR count). The highest BCUT2D eigenvalue weighted by atomic mass is 32.1. The van der Waals surface area contributed by atoms with E-state index in [1.54, 1.807) is 12.1 Å². The van der Waals surface area contributed by atoms with E-state index in [0.717, 1.165) is 0 Å². The molecular weight excluding hydrogens is 188 g/mol. The number of phenols is 1. The number of aromatic nitrogens is 2. The Bertz CT molecular complexity index is 570. The molecule has 0 aliphatic heterocycles. The number of hydrogen-bond acceptors (Lipinski definition) is 3. The number of fused-ring (bicyclic) bond motifs is 1. The summed E-state index contributed by atoms with van der Waals surface area (Å²) in [5.41, 5.74) is 0.158. The second-order valence-corrected chi connectivity index (χ2v) is 3.02. The molecule has 2 aromatic rings. The van der Waals surface area contributed by atoms with E-state index < -0.39 is 0 Å². The van der Waals surface area contributed by atoms with Gasteiger partial charge in [0, 0.05) is 0 Å². The molecule has 1 heterocycles. The van der Waals surface area contributed by atoms with E-state index in [9.17, 15) is 9.90 Å². The van der Waals surface area contributed by atoms with Gasteiger partial charge in [0.05, 0.1) is 5.52 Å². The topological polar surface area (TPSA) is 68.9 Å². The second kappa shape index (κ2) is 2.70. The highest BCUT2D eigenvalue weighted by Gasteiger charge is 2.02. The average molecular weight is 194 g/mol. The summed E-state index contributed by atoms with van der Waals surface area (Å²) in [5.74, 6) is -0.0509. The van der Waals surface area contributed by atoms with Crippen LogP contribution in [0.5, 0.6) is 5.75 Å². The molecule has 0 atom stereocenters. The first-order valence-electron chi connectivity index (χ1n) is 3.63. The van der Waals surface area contributed by atoms with E-state index in [4.69, 9.17) is 12.2 Å². The molecule has 66 valence electrons. The average Bonchev–Trinajstić information content (AvgIpc) is 2.02. The van der Waals surface area contributed by atoms with E-state index in [-0.39, 0.29) is 21.5 Å². The zero-order valence-electron chi connectivity index (χ0n) is 6.50. The zero-order valence-corrected chi connectivity index (χ0v) is 7.31. The van der Waals surface area contributed by atoms with Gasteiger partial charge in [-0.05, 0) is 24.4 Å². The van der Waals surface area contributed by atoms with Crippen LogP contribution in [0.3, 0.4) is 0 Å². The highest BCUT2D eigenvalue weighted by Crippen LogP contribution is 2.17. The minimum Gasteiger partial charge on any atom is -0.507 e. The van der Waals surface area contributed by atoms with Crippen molar-refractivity contribution in [2.45, 2.75) is 0 Å². The van der Waals surface area contributed by atoms with Crippen LogP contribution in [0.2, 0.25) is 0 Å². The van der Waals surface area contributed by atoms with Gasteiger partial charge in [-0.2, -0.15) is 0 Å². The van der Waals surface area contributed by atoms with Crippen molar-refractivity contribution in [3.63, 3.8) is 0 Å². The first kappa shape index (κ1) is 8.00. The van der Waals surface area contributed by atoms with Crippen LogP contribution in [0.15, 0.2) is 23.0 Å². The number of aromatic amines is 2. The third-order valence-electron chi connectivity index (χ3n) is 1.74. The minimum absolute atomic E-state index is 0.0509. The van der Waals surface area contributed by atoms with Gasteiger partial charge >= 0.3 is 0 Å². The summed E-state index contributed by atoms with van der Waals surface area (Å²) in [6.07, 6.45) is 0. The Kier molecular flexibility index (Phi) is 1.66. The van der Waals surface area contributed by atoms with E-state index in [0.29, 0.717) is 5.52 Å². The monoisotopic (exact) mass is 194 g/mol. The predicted octanol–water partition coefficient (Wildman–Crippen LogP) is 1.29. The number of phenolic OH excluding ortho intramolecular Hbond substituents is 1. The van der Waals surface area contributed by atoms with Gasteiger partial charge in [0.1, 0.15) is 11.1 Å². The number of rotatable bonds is 0. The number of nitrogens with one attached hydrogen (secondary N) is 2. The van der Waals surface area contributed by atoms with Gasteiger partial charge < -0.3 is 10.1 Å². The third-order valence-corrected chi connectivity index (χ3v) is 1.95. The lowest BCUT2D eigenvalue weighted by Gasteiger charge is -1.98. The van der Waals surface area contributed by atoms with Crippen LogP contribution in [0, 0.1) is 4.77 Å². The molecular formula is C8H6N2O2S. The molecule has 1 aromatic heterocycles. The summed E-state index contributed by atoms with van der Waals surface area (Å²) < 4.78 is 0.253. The van der Waals surface area contributed by atoms with Crippen molar-refractivity contribution in [3.8, 4) is 5.75 Å². The zero-order chi connectivity index (χ0) is 9.42. The lowest BCUT2D eigenvalue weighted by atomic mass is 10.2. The van der Waals surface area contributed by atoms with Gasteiger partial charge in [-0.1, -0.05) is 6.07 Å². The minimum atomic E-state index is -0.378. The molecule has 13 heavy (non-hydrogen) atoms. The first-order chi connectivity index (χ1) is 6.18. The number of H-pyrrole nitrogens is 2. The third kappa shape index (κ3) is 1.23. The molecule has 0 aliphatic carbocycles. The number of hydrogen-bond donors (Lipinski definition) is 3. The Hall–Kier alpha value is -1.62. The van der Waals surface area contributed by atoms with E-state index in [1.807, 2.05) is 0 Å². The van der Waals surface area contributed by atoms with Crippen molar-refractivity contribution in [2.24, 2.45) is 0 Å². The van der Waals surface area contributed by atoms with Crippen LogP contribution in [-0.2, 0) is 0 Å². The van der Waals surface area contributed by atoms with Gasteiger partial charge in [0.2, 0.25) is 0 Å². The molecule has 3 N–H and O–H groups in total. The second-order valence-electron chi connectivity index (χ2n) is 2.61. The first-order valence-corrected chi connectivity index (χ1v) is 4.03. The largest absolute Gasteiger partial charge is 0.507 e. The van der Waals surface area contributed by atoms with Crippen LogP contribution in [0.4, 0.5) is 0 Å². The summed E-state index contributed by atoms with van der Waals surface area (Å²) in [7, 11) is 0. The molecule has 0 radical (unpaired) electrons. The fraction of sp³-hybridized carbons (Fsp3) is 0. The lowest BCUT2D eigenvalue weighted by molar-refractivity contribution is 0.481. The predicted molar refractivity (Wildman–Crippen MR) is 51.4 cm³/mol. The SMILES string of the molecule is O=c1[nH]c(=S)[nH]c2cccc(O)c12. The van der Waals surface area contributed by atoms with Gasteiger partial charge in [-0.15, -0.1) is 0 Å². The van der Waals surface area contributed by atoms with Crippen molar-refractivity contribution in [2.75, 3.05) is 0 Å². The van der Waals surface area contributed by atoms with Crippen molar-refractivity contribution in [3.05, 3.63) is 33.3 Å². The van der Waals surface area contributed by atoms with Gasteiger partial charge in [-0.25, -0.2) is 0 Å². The highest BCUT2D eigenvalue weighted by molar-refractivity contribution is 7.71. The fourth-order valence-electron chi connectivity index (χ4n) is 1.20. The van der Waals surface area contributed by atoms with Crippen molar-refractivity contribution in [1.29, 1.82) is 0 Å². The Morgan fingerprint density at radius 2 is 2.08 bits per heavy atom. The molecule has 5 heteroatoms. The van der Waals surface area contributed by atoms with Gasteiger partial charge in [-0.3, -0.25) is 9.78 Å². The van der Waals surface area contributed by atoms with Crippen LogP contribution >= 0.6 is 12.2 Å². The number of aromatic hydroxyl groups is 1. The molecule has 0 aliphatic rings. The maximum atomic E-state index is 11.3. The summed E-state index contributed by atoms with van der Waals surface area (Å²) in [5, 5.41) is 9.60. The molecule has 0 bridgehead atoms. The molecule has 0 unspecified atom stereocenters. The van der Waals surface area contributed by atoms with E-state index >= 15 is 0 Å². The Labute approximate surface area is 77.9 Å². The molecule has 0 spiro atoms. The maximum Gasteiger partial charge on any atom is 0.263 e. The lowest BCUT2D eigenvalue weighted by Crippen LogP contribution is -2.07. The summed E-state index contributed by atoms with van der Waals surface area (Å²) in [4.78, 5) is 16.5. The Morgan fingerprint density at radius 3 is 2.85 bits per heavy atom. The molecule has 0 saturated heterocycles. The smallest absolute Gasteiger partial charge is 0.263 e. The standard InChI is InChI=1S/C8H6N2O2S/c11-5-3-1-2-4-6(5)7(12)10-8(13)9-4/h1-3,11H,(H2,9,10,12,13). The molecule has 0 saturated carbocycles. The van der Waals surface area contributed by atoms with Crippen molar-refractivity contribution < 1.29 is 5.11 Å². The maximum absolute atomic E-state index is 11.3. The Balaban J connectivity index is 3.12. The van der Waals surface area contributed by atoms with Crippen molar-refractivity contribution >= 4 is 23.1 Å². The summed E-state index contributed by atoms with van der Waals surface area (Å²) in [6, 6.07) is 4.77. The van der Waals surface area contributed by atoms with Crippen LogP contribution in [-0.4, -0.2) is 15.1 Å². The summed E-state index contributed by atoms with van der Waals surface area (Å²) in [6.45, 7) is 0. The van der Waals surface area contributed by atoms with Crippen LogP contribution < -0.4 is 5.56 Å². The van der Waals surface area contributed by atoms with E-state index in [2.05, 4.69) is 9.97 Å². The molecule has 4 nitrogen and oxygen atoms in total. The van der Waals surface area contributed by atoms with Crippen molar-refractivity contribution in [1.82, 2.24) is 9.97 Å². The molecule has 0 amide bonds.